The zero-order chi connectivity index (χ0) is 13.2. The predicted molar refractivity (Wildman–Crippen MR) is 76.8 cm³/mol. The lowest BCUT2D eigenvalue weighted by Gasteiger charge is -2.44. The fourth-order valence-corrected chi connectivity index (χ4v) is 3.47. The Morgan fingerprint density at radius 3 is 3.00 bits per heavy atom. The molecule has 2 heterocycles. The quantitative estimate of drug-likeness (QED) is 0.887. The second-order valence-corrected chi connectivity index (χ2v) is 5.95. The molecule has 0 amide bonds. The maximum absolute atomic E-state index is 5.88. The van der Waals surface area contributed by atoms with Crippen molar-refractivity contribution in [2.75, 3.05) is 19.7 Å². The van der Waals surface area contributed by atoms with Gasteiger partial charge < -0.3 is 10.5 Å². The van der Waals surface area contributed by atoms with Crippen molar-refractivity contribution in [2.24, 2.45) is 11.7 Å². The van der Waals surface area contributed by atoms with Crippen LogP contribution < -0.4 is 5.73 Å². The Morgan fingerprint density at radius 1 is 1.32 bits per heavy atom. The van der Waals surface area contributed by atoms with Crippen LogP contribution in [-0.4, -0.2) is 30.6 Å². The van der Waals surface area contributed by atoms with Crippen LogP contribution in [0.15, 0.2) is 24.3 Å². The first-order chi connectivity index (χ1) is 9.29. The molecule has 2 aliphatic heterocycles. The van der Waals surface area contributed by atoms with E-state index in [1.54, 1.807) is 0 Å². The Hall–Kier alpha value is -0.900. The number of ether oxygens (including phenoxy) is 1. The molecule has 0 aliphatic carbocycles. The smallest absolute Gasteiger partial charge is 0.0721 e. The van der Waals surface area contributed by atoms with Crippen molar-refractivity contribution in [3.63, 3.8) is 0 Å². The summed E-state index contributed by atoms with van der Waals surface area (Å²) in [5, 5.41) is 0. The van der Waals surface area contributed by atoms with Crippen molar-refractivity contribution >= 4 is 0 Å². The number of hydrogen-bond donors (Lipinski definition) is 1. The van der Waals surface area contributed by atoms with Crippen LogP contribution >= 0.6 is 0 Å². The molecule has 1 aromatic carbocycles. The molecule has 0 spiro atoms. The molecule has 1 aromatic rings. The molecule has 0 bridgehead atoms. The van der Waals surface area contributed by atoms with Crippen molar-refractivity contribution in [3.8, 4) is 0 Å². The molecule has 2 N–H and O–H groups in total. The Bertz CT molecular complexity index is 435. The number of rotatable bonds is 2. The van der Waals surface area contributed by atoms with Gasteiger partial charge in [-0.3, -0.25) is 4.90 Å². The van der Waals surface area contributed by atoms with Gasteiger partial charge in [0.15, 0.2) is 0 Å². The predicted octanol–water partition coefficient (Wildman–Crippen LogP) is 2.32. The third kappa shape index (κ3) is 2.55. The Balaban J connectivity index is 1.85. The van der Waals surface area contributed by atoms with E-state index in [1.165, 1.54) is 24.0 Å². The average molecular weight is 260 g/mol. The van der Waals surface area contributed by atoms with Crippen molar-refractivity contribution in [1.29, 1.82) is 0 Å². The van der Waals surface area contributed by atoms with Crippen LogP contribution in [0.2, 0.25) is 0 Å². The highest BCUT2D eigenvalue weighted by atomic mass is 16.5. The van der Waals surface area contributed by atoms with E-state index < -0.39 is 0 Å². The molecule has 3 nitrogen and oxygen atoms in total. The summed E-state index contributed by atoms with van der Waals surface area (Å²) >= 11 is 0. The number of benzene rings is 1. The molecular formula is C16H24N2O. The molecule has 0 saturated carbocycles. The number of likely N-dealkylation sites (tertiary alicyclic amines) is 1. The first-order valence-electron chi connectivity index (χ1n) is 7.41. The minimum absolute atomic E-state index is 0.411. The summed E-state index contributed by atoms with van der Waals surface area (Å²) in [6.07, 6.45) is 2.52. The molecule has 3 heteroatoms. The van der Waals surface area contributed by atoms with E-state index in [2.05, 4.69) is 36.1 Å². The van der Waals surface area contributed by atoms with Crippen LogP contribution in [0.25, 0.3) is 0 Å². The van der Waals surface area contributed by atoms with E-state index >= 15 is 0 Å². The van der Waals surface area contributed by atoms with Gasteiger partial charge in [-0.2, -0.15) is 0 Å². The summed E-state index contributed by atoms with van der Waals surface area (Å²) in [5.41, 5.74) is 8.68. The fourth-order valence-electron chi connectivity index (χ4n) is 3.47. The standard InChI is InChI=1S/C16H24N2O/c1-12-6-7-13(8-17)9-18(12)16-11-19-10-14-4-2-3-5-15(14)16/h2-5,12-13,16H,6-11,17H2,1H3. The van der Waals surface area contributed by atoms with Crippen molar-refractivity contribution in [1.82, 2.24) is 4.90 Å². The molecule has 104 valence electrons. The molecule has 1 saturated heterocycles. The lowest BCUT2D eigenvalue weighted by Crippen LogP contribution is -2.47. The van der Waals surface area contributed by atoms with E-state index in [4.69, 9.17) is 10.5 Å². The number of nitrogens with zero attached hydrogens (tertiary/aromatic N) is 1. The molecule has 0 radical (unpaired) electrons. The first kappa shape index (κ1) is 13.1. The Morgan fingerprint density at radius 2 is 2.16 bits per heavy atom. The second-order valence-electron chi connectivity index (χ2n) is 5.95. The maximum Gasteiger partial charge on any atom is 0.0721 e. The van der Waals surface area contributed by atoms with Gasteiger partial charge in [0.2, 0.25) is 0 Å². The van der Waals surface area contributed by atoms with Gasteiger partial charge in [0.05, 0.1) is 19.3 Å². The van der Waals surface area contributed by atoms with E-state index in [0.29, 0.717) is 18.0 Å². The van der Waals surface area contributed by atoms with Gasteiger partial charge in [-0.25, -0.2) is 0 Å². The summed E-state index contributed by atoms with van der Waals surface area (Å²) in [7, 11) is 0. The number of hydrogen-bond acceptors (Lipinski definition) is 3. The molecule has 1 fully saturated rings. The topological polar surface area (TPSA) is 38.5 Å². The van der Waals surface area contributed by atoms with Crippen LogP contribution in [0.5, 0.6) is 0 Å². The SMILES string of the molecule is CC1CCC(CN)CN1C1COCc2ccccc21. The lowest BCUT2D eigenvalue weighted by atomic mass is 9.89. The van der Waals surface area contributed by atoms with Crippen LogP contribution in [-0.2, 0) is 11.3 Å². The molecule has 3 atom stereocenters. The van der Waals surface area contributed by atoms with Crippen LogP contribution in [0.1, 0.15) is 36.9 Å². The highest BCUT2D eigenvalue weighted by Gasteiger charge is 2.33. The van der Waals surface area contributed by atoms with E-state index in [1.807, 2.05) is 0 Å². The highest BCUT2D eigenvalue weighted by molar-refractivity contribution is 5.31. The molecule has 0 aromatic heterocycles. The van der Waals surface area contributed by atoms with Crippen LogP contribution in [0, 0.1) is 5.92 Å². The molecule has 3 rings (SSSR count). The van der Waals surface area contributed by atoms with Crippen LogP contribution in [0.4, 0.5) is 0 Å². The number of fused-ring (bicyclic) bond motifs is 1. The highest BCUT2D eigenvalue weighted by Crippen LogP contribution is 2.34. The van der Waals surface area contributed by atoms with Crippen molar-refractivity contribution < 1.29 is 4.74 Å². The maximum atomic E-state index is 5.88. The average Bonchev–Trinajstić information content (AvgIpc) is 2.47. The van der Waals surface area contributed by atoms with E-state index in [0.717, 1.165) is 26.3 Å². The summed E-state index contributed by atoms with van der Waals surface area (Å²) in [6.45, 7) is 5.83. The second kappa shape index (κ2) is 5.61. The molecule has 2 aliphatic rings. The lowest BCUT2D eigenvalue weighted by molar-refractivity contribution is -0.00628. The minimum Gasteiger partial charge on any atom is -0.375 e. The van der Waals surface area contributed by atoms with Crippen molar-refractivity contribution in [3.05, 3.63) is 35.4 Å². The molecular weight excluding hydrogens is 236 g/mol. The number of piperidine rings is 1. The minimum atomic E-state index is 0.411. The zero-order valence-corrected chi connectivity index (χ0v) is 11.7. The van der Waals surface area contributed by atoms with Crippen molar-refractivity contribution in [2.45, 2.75) is 38.5 Å². The summed E-state index contributed by atoms with van der Waals surface area (Å²) < 4.78 is 5.81. The van der Waals surface area contributed by atoms with Gasteiger partial charge in [0.1, 0.15) is 0 Å². The van der Waals surface area contributed by atoms with E-state index in [-0.39, 0.29) is 0 Å². The van der Waals surface area contributed by atoms with Gasteiger partial charge in [0, 0.05) is 12.6 Å². The third-order valence-corrected chi connectivity index (χ3v) is 4.71. The summed E-state index contributed by atoms with van der Waals surface area (Å²) in [4.78, 5) is 2.61. The molecule has 19 heavy (non-hydrogen) atoms. The number of nitrogens with two attached hydrogens (primary N) is 1. The normalized spacial score (nSPS) is 32.0. The van der Waals surface area contributed by atoms with Crippen LogP contribution in [0.3, 0.4) is 0 Å². The Labute approximate surface area is 115 Å². The summed E-state index contributed by atoms with van der Waals surface area (Å²) in [6, 6.07) is 9.74. The van der Waals surface area contributed by atoms with Gasteiger partial charge in [-0.05, 0) is 43.4 Å². The largest absolute Gasteiger partial charge is 0.375 e. The zero-order valence-electron chi connectivity index (χ0n) is 11.7. The first-order valence-corrected chi connectivity index (χ1v) is 7.41. The third-order valence-electron chi connectivity index (χ3n) is 4.71. The monoisotopic (exact) mass is 260 g/mol. The van der Waals surface area contributed by atoms with Gasteiger partial charge in [-0.15, -0.1) is 0 Å². The fraction of sp³-hybridized carbons (Fsp3) is 0.625. The summed E-state index contributed by atoms with van der Waals surface area (Å²) in [5.74, 6) is 0.644. The van der Waals surface area contributed by atoms with E-state index in [9.17, 15) is 0 Å². The Kier molecular flexibility index (Phi) is 3.87. The van der Waals surface area contributed by atoms with Gasteiger partial charge in [0.25, 0.3) is 0 Å². The van der Waals surface area contributed by atoms with Gasteiger partial charge >= 0.3 is 0 Å². The van der Waals surface area contributed by atoms with Gasteiger partial charge in [-0.1, -0.05) is 24.3 Å². The molecule has 3 unspecified atom stereocenters.